The second-order valence-corrected chi connectivity index (χ2v) is 17.2. The molecule has 0 saturated heterocycles. The maximum absolute atomic E-state index is 10.8. The molecule has 0 spiro atoms. The third-order valence-electron chi connectivity index (χ3n) is 9.77. The maximum Gasteiger partial charge on any atom is 0.125 e. The van der Waals surface area contributed by atoms with E-state index in [4.69, 9.17) is 49.0 Å². The van der Waals surface area contributed by atoms with Crippen molar-refractivity contribution in [1.29, 1.82) is 0 Å². The van der Waals surface area contributed by atoms with Gasteiger partial charge in [-0.25, -0.2) is 0 Å². The number of benzene rings is 7. The van der Waals surface area contributed by atoms with Crippen LogP contribution in [0.15, 0.2) is 167 Å². The summed E-state index contributed by atoms with van der Waals surface area (Å²) in [5, 5.41) is 43.8. The van der Waals surface area contributed by atoms with Crippen LogP contribution in [0.1, 0.15) is 104 Å². The minimum absolute atomic E-state index is 0.415. The summed E-state index contributed by atoms with van der Waals surface area (Å²) in [6.07, 6.45) is -3.28. The van der Waals surface area contributed by atoms with Crippen molar-refractivity contribution < 1.29 is 34.6 Å². The van der Waals surface area contributed by atoms with Gasteiger partial charge < -0.3 is 34.6 Å². The number of hydrogen-bond donors (Lipinski definition) is 4. The highest BCUT2D eigenvalue weighted by Crippen LogP contribution is 2.36. The number of rotatable bonds is 14. The van der Waals surface area contributed by atoms with Crippen LogP contribution < -0.4 is 14.2 Å². The second kappa shape index (κ2) is 28.1. The van der Waals surface area contributed by atoms with Crippen molar-refractivity contribution in [3.05, 3.63) is 226 Å². The Hall–Kier alpha value is -4.39. The molecule has 12 heteroatoms. The van der Waals surface area contributed by atoms with Gasteiger partial charge in [0.1, 0.15) is 41.7 Å². The molecule has 0 heterocycles. The molecule has 4 unspecified atom stereocenters. The topological polar surface area (TPSA) is 109 Å². The molecule has 4 N–H and O–H groups in total. The molecule has 0 aliphatic heterocycles. The van der Waals surface area contributed by atoms with Gasteiger partial charge in [-0.15, -0.1) is 0 Å². The van der Waals surface area contributed by atoms with Crippen LogP contribution in [-0.2, 0) is 0 Å². The second-order valence-electron chi connectivity index (χ2n) is 14.1. The maximum atomic E-state index is 10.8. The first-order valence-electron chi connectivity index (χ1n) is 21.5. The molecule has 0 aliphatic carbocycles. The summed E-state index contributed by atoms with van der Waals surface area (Å²) in [5.41, 5.74) is 5.49. The van der Waals surface area contributed by atoms with Crippen LogP contribution in [-0.4, -0.2) is 40.2 Å². The number of para-hydroxylation sites is 1. The lowest BCUT2D eigenvalue weighted by Crippen LogP contribution is -2.05. The first kappa shape index (κ1) is 54.2. The summed E-state index contributed by atoms with van der Waals surface area (Å²) in [7, 11) is 0. The largest absolute Gasteiger partial charge is 0.494 e. The summed E-state index contributed by atoms with van der Waals surface area (Å²) >= 11 is 25.4. The fraction of sp³-hybridized carbons (Fsp3) is 0.222. The zero-order chi connectivity index (χ0) is 48.2. The molecule has 66 heavy (non-hydrogen) atoms. The quantitative estimate of drug-likeness (QED) is 0.0859. The Morgan fingerprint density at radius 1 is 0.394 bits per heavy atom. The average molecular weight is 1080 g/mol. The van der Waals surface area contributed by atoms with E-state index in [1.54, 1.807) is 60.7 Å². The normalized spacial score (nSPS) is 12.3. The predicted octanol–water partition coefficient (Wildman–Crippen LogP) is 15.1. The molecule has 0 aliphatic rings. The summed E-state index contributed by atoms with van der Waals surface area (Å²) in [4.78, 5) is 0. The van der Waals surface area contributed by atoms with Crippen molar-refractivity contribution in [2.75, 3.05) is 19.8 Å². The van der Waals surface area contributed by atoms with Crippen molar-refractivity contribution in [3.8, 4) is 17.2 Å². The van der Waals surface area contributed by atoms with Gasteiger partial charge in [0, 0.05) is 46.3 Å². The van der Waals surface area contributed by atoms with Crippen molar-refractivity contribution >= 4 is 66.7 Å². The first-order chi connectivity index (χ1) is 31.8. The average Bonchev–Trinajstić information content (AvgIpc) is 3.34. The molecule has 0 bridgehead atoms. The lowest BCUT2D eigenvalue weighted by atomic mass is 9.95. The fourth-order valence-corrected chi connectivity index (χ4v) is 8.05. The van der Waals surface area contributed by atoms with Crippen molar-refractivity contribution in [2.24, 2.45) is 0 Å². The molecule has 7 aromatic carbocycles. The molecular weight excluding hydrogens is 1030 g/mol. The minimum atomic E-state index is -0.950. The highest BCUT2D eigenvalue weighted by atomic mass is 79.9. The molecule has 0 radical (unpaired) electrons. The van der Waals surface area contributed by atoms with Crippen LogP contribution in [0.5, 0.6) is 17.2 Å². The molecule has 7 aromatic rings. The van der Waals surface area contributed by atoms with Gasteiger partial charge in [0.05, 0.1) is 19.8 Å². The minimum Gasteiger partial charge on any atom is -0.494 e. The fourth-order valence-electron chi connectivity index (χ4n) is 6.58. The summed E-state index contributed by atoms with van der Waals surface area (Å²) < 4.78 is 18.1. The zero-order valence-electron chi connectivity index (χ0n) is 37.3. The Morgan fingerprint density at radius 2 is 0.803 bits per heavy atom. The molecule has 4 atom stereocenters. The van der Waals surface area contributed by atoms with E-state index in [2.05, 4.69) is 31.9 Å². The van der Waals surface area contributed by atoms with Gasteiger partial charge in [-0.2, -0.15) is 0 Å². The van der Waals surface area contributed by atoms with Gasteiger partial charge in [-0.05, 0) is 122 Å². The predicted molar refractivity (Wildman–Crippen MR) is 277 cm³/mol. The van der Waals surface area contributed by atoms with Gasteiger partial charge in [-0.1, -0.05) is 159 Å². The molecule has 0 aromatic heterocycles. The van der Waals surface area contributed by atoms with E-state index in [0.717, 1.165) is 42.9 Å². The van der Waals surface area contributed by atoms with Gasteiger partial charge >= 0.3 is 0 Å². The third kappa shape index (κ3) is 15.6. The van der Waals surface area contributed by atoms with Crippen molar-refractivity contribution in [2.45, 2.75) is 59.0 Å². The van der Waals surface area contributed by atoms with E-state index in [1.165, 1.54) is 0 Å². The highest BCUT2D eigenvalue weighted by Gasteiger charge is 2.20. The Kier molecular flexibility index (Phi) is 23.1. The standard InChI is InChI=1S/C22H19BrCl2O3.C15H15BrO2.C15H15ClO2.C2H6/c1-2-28-16-7-3-13(4-8-16)21(26)17-11-14(5-9-19(17)24)22(27)18-12-15(23)6-10-20(18)25;1-2-18-14-9-4-3-8-13(14)15(17)11-6-5-7-12(16)10-11;1-2-18-12-9-7-11(8-10-12)15(17)13-5-3-4-6-14(13)16;1-2/h3-12,21-22,26-27H,2H2,1H3;2*3-10,15,17H,2H2,1H3;1-2H3. The molecule has 7 rings (SSSR count). The Morgan fingerprint density at radius 3 is 1.35 bits per heavy atom. The summed E-state index contributed by atoms with van der Waals surface area (Å²) in [5.74, 6) is 2.26. The lowest BCUT2D eigenvalue weighted by Gasteiger charge is -2.18. The SMILES string of the molecule is CC.CCOc1ccc(C(O)c2cc(C(O)c3cc(Br)ccc3Cl)ccc2Cl)cc1.CCOc1ccc(C(O)c2ccccc2Cl)cc1.CCOc1ccccc1C(O)c1cccc(Br)c1. The van der Waals surface area contributed by atoms with E-state index >= 15 is 0 Å². The van der Waals surface area contributed by atoms with Crippen LogP contribution in [0.2, 0.25) is 15.1 Å². The Balaban J connectivity index is 0.000000220. The van der Waals surface area contributed by atoms with Crippen LogP contribution >= 0.6 is 66.7 Å². The van der Waals surface area contributed by atoms with E-state index < -0.39 is 24.4 Å². The summed E-state index contributed by atoms with van der Waals surface area (Å²) in [6.45, 7) is 11.6. The number of halogens is 5. The molecule has 348 valence electrons. The smallest absolute Gasteiger partial charge is 0.125 e. The molecule has 0 amide bonds. The number of aliphatic hydroxyl groups is 4. The number of ether oxygens (including phenoxy) is 3. The molecule has 7 nitrogen and oxygen atoms in total. The lowest BCUT2D eigenvalue weighted by molar-refractivity contribution is 0.212. The van der Waals surface area contributed by atoms with E-state index in [0.29, 0.717) is 62.7 Å². The van der Waals surface area contributed by atoms with Crippen LogP contribution in [0, 0.1) is 0 Å². The van der Waals surface area contributed by atoms with Crippen LogP contribution in [0.4, 0.5) is 0 Å². The van der Waals surface area contributed by atoms with E-state index in [9.17, 15) is 20.4 Å². The molecule has 0 fully saturated rings. The first-order valence-corrected chi connectivity index (χ1v) is 24.2. The van der Waals surface area contributed by atoms with Gasteiger partial charge in [-0.3, -0.25) is 0 Å². The van der Waals surface area contributed by atoms with Crippen molar-refractivity contribution in [1.82, 2.24) is 0 Å². The van der Waals surface area contributed by atoms with E-state index in [1.807, 2.05) is 132 Å². The van der Waals surface area contributed by atoms with Gasteiger partial charge in [0.2, 0.25) is 0 Å². The monoisotopic (exact) mass is 1080 g/mol. The number of aliphatic hydroxyl groups excluding tert-OH is 4. The third-order valence-corrected chi connectivity index (χ3v) is 11.8. The van der Waals surface area contributed by atoms with Crippen molar-refractivity contribution in [3.63, 3.8) is 0 Å². The Labute approximate surface area is 420 Å². The van der Waals surface area contributed by atoms with Gasteiger partial charge in [0.25, 0.3) is 0 Å². The van der Waals surface area contributed by atoms with Crippen LogP contribution in [0.3, 0.4) is 0 Å². The van der Waals surface area contributed by atoms with Crippen LogP contribution in [0.25, 0.3) is 0 Å². The van der Waals surface area contributed by atoms with E-state index in [-0.39, 0.29) is 0 Å². The summed E-state index contributed by atoms with van der Waals surface area (Å²) in [6, 6.07) is 47.5. The molecule has 0 saturated carbocycles. The highest BCUT2D eigenvalue weighted by molar-refractivity contribution is 9.10. The Bertz CT molecular complexity index is 2540. The zero-order valence-corrected chi connectivity index (χ0v) is 42.8. The number of hydrogen-bond acceptors (Lipinski definition) is 7. The molecular formula is C54H55Br2Cl3O7. The van der Waals surface area contributed by atoms with Gasteiger partial charge in [0.15, 0.2) is 0 Å².